The topological polar surface area (TPSA) is 37.3 Å². The molecule has 1 unspecified atom stereocenters. The fourth-order valence-electron chi connectivity index (χ4n) is 1.31. The van der Waals surface area contributed by atoms with Crippen LogP contribution in [0.15, 0.2) is 18.2 Å². The highest BCUT2D eigenvalue weighted by molar-refractivity contribution is 7.81. The second-order valence-corrected chi connectivity index (χ2v) is 3.68. The van der Waals surface area contributed by atoms with Crippen molar-refractivity contribution in [3.8, 4) is 0 Å². The third kappa shape index (κ3) is 2.49. The van der Waals surface area contributed by atoms with Crippen LogP contribution in [-0.2, 0) is 4.79 Å². The lowest BCUT2D eigenvalue weighted by atomic mass is 10.1. The summed E-state index contributed by atoms with van der Waals surface area (Å²) in [6, 6.07) is 5.70. The minimum Gasteiger partial charge on any atom is -0.480 e. The van der Waals surface area contributed by atoms with E-state index in [0.29, 0.717) is 0 Å². The van der Waals surface area contributed by atoms with E-state index in [-0.39, 0.29) is 0 Å². The Bertz CT molecular complexity index is 313. The quantitative estimate of drug-likeness (QED) is 0.712. The average molecular weight is 196 g/mol. The van der Waals surface area contributed by atoms with Crippen LogP contribution in [0.4, 0.5) is 0 Å². The molecule has 1 atom stereocenters. The predicted molar refractivity (Wildman–Crippen MR) is 55.3 cm³/mol. The zero-order valence-electron chi connectivity index (χ0n) is 7.61. The number of carboxylic acids is 1. The lowest BCUT2D eigenvalue weighted by Gasteiger charge is -2.07. The van der Waals surface area contributed by atoms with Crippen molar-refractivity contribution in [3.05, 3.63) is 34.9 Å². The molecule has 1 aromatic rings. The highest BCUT2D eigenvalue weighted by Crippen LogP contribution is 2.22. The van der Waals surface area contributed by atoms with Crippen LogP contribution in [0.1, 0.15) is 21.9 Å². The molecule has 0 spiro atoms. The Hall–Kier alpha value is -0.960. The van der Waals surface area contributed by atoms with Crippen LogP contribution in [-0.4, -0.2) is 11.1 Å². The summed E-state index contributed by atoms with van der Waals surface area (Å²) in [6.07, 6.45) is 0. The molecular weight excluding hydrogens is 184 g/mol. The lowest BCUT2D eigenvalue weighted by Crippen LogP contribution is -2.05. The van der Waals surface area contributed by atoms with Crippen LogP contribution >= 0.6 is 12.6 Å². The summed E-state index contributed by atoms with van der Waals surface area (Å²) >= 11 is 4.01. The molecule has 0 heterocycles. The molecule has 70 valence electrons. The summed E-state index contributed by atoms with van der Waals surface area (Å²) in [5, 5.41) is 8.02. The smallest absolute Gasteiger partial charge is 0.320 e. The Kier molecular flexibility index (Phi) is 2.98. The molecule has 2 nitrogen and oxygen atoms in total. The first-order chi connectivity index (χ1) is 6.00. The first-order valence-corrected chi connectivity index (χ1v) is 4.51. The highest BCUT2D eigenvalue weighted by Gasteiger charge is 2.14. The van der Waals surface area contributed by atoms with Gasteiger partial charge in [0, 0.05) is 0 Å². The molecule has 13 heavy (non-hydrogen) atoms. The third-order valence-electron chi connectivity index (χ3n) is 1.79. The van der Waals surface area contributed by atoms with Crippen molar-refractivity contribution in [2.75, 3.05) is 0 Å². The van der Waals surface area contributed by atoms with Crippen LogP contribution in [0.25, 0.3) is 0 Å². The maximum absolute atomic E-state index is 10.6. The number of hydrogen-bond donors (Lipinski definition) is 2. The number of hydrogen-bond acceptors (Lipinski definition) is 2. The zero-order chi connectivity index (χ0) is 10.0. The molecule has 0 aliphatic heterocycles. The van der Waals surface area contributed by atoms with Crippen LogP contribution in [0.5, 0.6) is 0 Å². The van der Waals surface area contributed by atoms with E-state index in [0.717, 1.165) is 16.7 Å². The van der Waals surface area contributed by atoms with E-state index >= 15 is 0 Å². The molecule has 3 heteroatoms. The Morgan fingerprint density at radius 2 is 1.77 bits per heavy atom. The first-order valence-electron chi connectivity index (χ1n) is 4.00. The molecule has 1 rings (SSSR count). The predicted octanol–water partition coefficient (Wildman–Crippen LogP) is 2.36. The Morgan fingerprint density at radius 1 is 1.31 bits per heavy atom. The minimum absolute atomic E-state index is 0.724. The van der Waals surface area contributed by atoms with Gasteiger partial charge in [0.25, 0.3) is 0 Å². The van der Waals surface area contributed by atoms with Crippen molar-refractivity contribution >= 4 is 18.6 Å². The molecule has 1 N–H and O–H groups in total. The lowest BCUT2D eigenvalue weighted by molar-refractivity contribution is -0.136. The molecule has 0 amide bonds. The number of aryl methyl sites for hydroxylation is 2. The van der Waals surface area contributed by atoms with Gasteiger partial charge in [0.05, 0.1) is 0 Å². The van der Waals surface area contributed by atoms with E-state index in [1.165, 1.54) is 0 Å². The number of carbonyl (C=O) groups is 1. The van der Waals surface area contributed by atoms with Crippen molar-refractivity contribution in [3.63, 3.8) is 0 Å². The van der Waals surface area contributed by atoms with Crippen LogP contribution in [0.2, 0.25) is 0 Å². The largest absolute Gasteiger partial charge is 0.480 e. The molecule has 0 saturated heterocycles. The Morgan fingerprint density at radius 3 is 2.15 bits per heavy atom. The molecule has 0 aliphatic carbocycles. The molecule has 1 aromatic carbocycles. The number of benzene rings is 1. The standard InChI is InChI=1S/C10H12O2S/c1-6-3-7(2)5-8(4-6)9(13)10(11)12/h3-5,9,13H,1-2H3,(H,11,12). The van der Waals surface area contributed by atoms with Crippen molar-refractivity contribution in [1.29, 1.82) is 0 Å². The van der Waals surface area contributed by atoms with Crippen molar-refractivity contribution in [2.24, 2.45) is 0 Å². The first kappa shape index (κ1) is 10.1. The molecule has 0 fully saturated rings. The van der Waals surface area contributed by atoms with E-state index in [4.69, 9.17) is 5.11 Å². The molecular formula is C10H12O2S. The van der Waals surface area contributed by atoms with Crippen LogP contribution in [0.3, 0.4) is 0 Å². The number of carboxylic acid groups (broad SMARTS) is 1. The molecule has 0 saturated carbocycles. The van der Waals surface area contributed by atoms with Gasteiger partial charge in [-0.1, -0.05) is 29.3 Å². The van der Waals surface area contributed by atoms with Crippen LogP contribution < -0.4 is 0 Å². The van der Waals surface area contributed by atoms with Gasteiger partial charge >= 0.3 is 5.97 Å². The van der Waals surface area contributed by atoms with Crippen LogP contribution in [0, 0.1) is 13.8 Å². The fourth-order valence-corrected chi connectivity index (χ4v) is 1.46. The summed E-state index contributed by atoms with van der Waals surface area (Å²) < 4.78 is 0. The SMILES string of the molecule is Cc1cc(C)cc(C(S)C(=O)O)c1. The van der Waals surface area contributed by atoms with E-state index in [1.807, 2.05) is 32.0 Å². The third-order valence-corrected chi connectivity index (χ3v) is 2.31. The van der Waals surface area contributed by atoms with E-state index in [9.17, 15) is 4.79 Å². The van der Waals surface area contributed by atoms with Gasteiger partial charge in [-0.3, -0.25) is 4.79 Å². The van der Waals surface area contributed by atoms with Gasteiger partial charge in [0.2, 0.25) is 0 Å². The van der Waals surface area contributed by atoms with Gasteiger partial charge in [-0.15, -0.1) is 0 Å². The summed E-state index contributed by atoms with van der Waals surface area (Å²) in [5.74, 6) is -0.909. The molecule has 0 aromatic heterocycles. The van der Waals surface area contributed by atoms with Gasteiger partial charge in [-0.2, -0.15) is 12.6 Å². The fraction of sp³-hybridized carbons (Fsp3) is 0.300. The zero-order valence-corrected chi connectivity index (χ0v) is 8.51. The average Bonchev–Trinajstić information content (AvgIpc) is 2.01. The number of rotatable bonds is 2. The summed E-state index contributed by atoms with van der Waals surface area (Å²) in [5.41, 5.74) is 2.87. The second kappa shape index (κ2) is 3.83. The van der Waals surface area contributed by atoms with Gasteiger partial charge in [-0.05, 0) is 19.4 Å². The minimum atomic E-state index is -0.909. The van der Waals surface area contributed by atoms with Gasteiger partial charge in [0.1, 0.15) is 5.25 Å². The van der Waals surface area contributed by atoms with Gasteiger partial charge in [0.15, 0.2) is 0 Å². The van der Waals surface area contributed by atoms with Crippen molar-refractivity contribution < 1.29 is 9.90 Å². The summed E-state index contributed by atoms with van der Waals surface area (Å²) in [4.78, 5) is 10.6. The normalized spacial score (nSPS) is 12.5. The summed E-state index contributed by atoms with van der Waals surface area (Å²) in [6.45, 7) is 3.89. The molecule has 0 radical (unpaired) electrons. The highest BCUT2D eigenvalue weighted by atomic mass is 32.1. The maximum atomic E-state index is 10.6. The summed E-state index contributed by atoms with van der Waals surface area (Å²) in [7, 11) is 0. The molecule has 0 aliphatic rings. The van der Waals surface area contributed by atoms with Crippen molar-refractivity contribution in [1.82, 2.24) is 0 Å². The monoisotopic (exact) mass is 196 g/mol. The van der Waals surface area contributed by atoms with E-state index in [2.05, 4.69) is 12.6 Å². The maximum Gasteiger partial charge on any atom is 0.320 e. The van der Waals surface area contributed by atoms with Gasteiger partial charge in [-0.25, -0.2) is 0 Å². The van der Waals surface area contributed by atoms with Crippen molar-refractivity contribution in [2.45, 2.75) is 19.1 Å². The van der Waals surface area contributed by atoms with Gasteiger partial charge < -0.3 is 5.11 Å². The molecule has 0 bridgehead atoms. The Balaban J connectivity index is 3.07. The van der Waals surface area contributed by atoms with E-state index in [1.54, 1.807) is 0 Å². The second-order valence-electron chi connectivity index (χ2n) is 3.16. The number of thiol groups is 1. The number of aliphatic carboxylic acids is 1. The van der Waals surface area contributed by atoms with E-state index < -0.39 is 11.2 Å². The Labute approximate surface area is 83.0 Å².